The molecule has 0 N–H and O–H groups in total. The first-order valence-electron chi connectivity index (χ1n) is 7.92. The summed E-state index contributed by atoms with van der Waals surface area (Å²) in [5, 5.41) is 0. The Hall–Kier alpha value is -1.48. The lowest BCUT2D eigenvalue weighted by Gasteiger charge is -2.33. The second-order valence-corrected chi connectivity index (χ2v) is 5.94. The fourth-order valence-electron chi connectivity index (χ4n) is 3.53. The SMILES string of the molecule is COc1ccc([C@@H]2C=COCO[C@H]2C2CCCCC2)cc1. The highest BCUT2D eigenvalue weighted by molar-refractivity contribution is 5.32. The van der Waals surface area contributed by atoms with E-state index in [9.17, 15) is 0 Å². The zero-order valence-electron chi connectivity index (χ0n) is 12.7. The zero-order chi connectivity index (χ0) is 14.5. The first-order chi connectivity index (χ1) is 10.4. The van der Waals surface area contributed by atoms with Gasteiger partial charge in [-0.1, -0.05) is 31.4 Å². The summed E-state index contributed by atoms with van der Waals surface area (Å²) in [6.45, 7) is 0.365. The fraction of sp³-hybridized carbons (Fsp3) is 0.556. The molecule has 0 unspecified atom stereocenters. The van der Waals surface area contributed by atoms with Crippen molar-refractivity contribution >= 4 is 0 Å². The summed E-state index contributed by atoms with van der Waals surface area (Å²) in [7, 11) is 1.70. The Kier molecular flexibility index (Phi) is 4.81. The molecule has 3 heteroatoms. The van der Waals surface area contributed by atoms with Crippen LogP contribution in [0.4, 0.5) is 0 Å². The maximum atomic E-state index is 6.05. The maximum absolute atomic E-state index is 6.05. The Morgan fingerprint density at radius 3 is 2.52 bits per heavy atom. The molecule has 0 aromatic heterocycles. The van der Waals surface area contributed by atoms with Gasteiger partial charge < -0.3 is 14.2 Å². The van der Waals surface area contributed by atoms with Crippen molar-refractivity contribution in [3.05, 3.63) is 42.2 Å². The van der Waals surface area contributed by atoms with Crippen LogP contribution in [-0.4, -0.2) is 20.0 Å². The van der Waals surface area contributed by atoms with Gasteiger partial charge in [-0.05, 0) is 42.5 Å². The van der Waals surface area contributed by atoms with Crippen LogP contribution in [0.1, 0.15) is 43.6 Å². The normalized spacial score (nSPS) is 26.9. The summed E-state index contributed by atoms with van der Waals surface area (Å²) in [5.74, 6) is 1.79. The predicted molar refractivity (Wildman–Crippen MR) is 82.3 cm³/mol. The van der Waals surface area contributed by atoms with Gasteiger partial charge in [0, 0.05) is 5.92 Å². The maximum Gasteiger partial charge on any atom is 0.188 e. The highest BCUT2D eigenvalue weighted by atomic mass is 16.7. The highest BCUT2D eigenvalue weighted by Crippen LogP contribution is 2.37. The van der Waals surface area contributed by atoms with Gasteiger partial charge in [-0.3, -0.25) is 0 Å². The van der Waals surface area contributed by atoms with E-state index in [0.717, 1.165) is 5.75 Å². The highest BCUT2D eigenvalue weighted by Gasteiger charge is 2.32. The molecule has 1 aromatic rings. The van der Waals surface area contributed by atoms with Gasteiger partial charge in [-0.2, -0.15) is 0 Å². The van der Waals surface area contributed by atoms with E-state index in [-0.39, 0.29) is 12.0 Å². The molecule has 1 saturated carbocycles. The number of rotatable bonds is 3. The Morgan fingerprint density at radius 1 is 1.05 bits per heavy atom. The lowest BCUT2D eigenvalue weighted by molar-refractivity contribution is -0.0807. The zero-order valence-corrected chi connectivity index (χ0v) is 12.7. The van der Waals surface area contributed by atoms with Gasteiger partial charge in [0.15, 0.2) is 6.79 Å². The second-order valence-electron chi connectivity index (χ2n) is 5.94. The Morgan fingerprint density at radius 2 is 1.81 bits per heavy atom. The van der Waals surface area contributed by atoms with E-state index in [1.165, 1.54) is 37.7 Å². The van der Waals surface area contributed by atoms with E-state index in [2.05, 4.69) is 18.2 Å². The Bertz CT molecular complexity index is 460. The number of methoxy groups -OCH3 is 1. The van der Waals surface area contributed by atoms with Crippen LogP contribution in [0.5, 0.6) is 5.75 Å². The minimum absolute atomic E-state index is 0.220. The smallest absolute Gasteiger partial charge is 0.188 e. The van der Waals surface area contributed by atoms with Crippen LogP contribution >= 0.6 is 0 Å². The van der Waals surface area contributed by atoms with E-state index < -0.39 is 0 Å². The molecular weight excluding hydrogens is 264 g/mol. The van der Waals surface area contributed by atoms with E-state index in [4.69, 9.17) is 14.2 Å². The monoisotopic (exact) mass is 288 g/mol. The van der Waals surface area contributed by atoms with Crippen molar-refractivity contribution in [2.75, 3.05) is 13.9 Å². The molecule has 1 aliphatic heterocycles. The average Bonchev–Trinajstić information content (AvgIpc) is 2.81. The van der Waals surface area contributed by atoms with Crippen LogP contribution in [0.15, 0.2) is 36.6 Å². The van der Waals surface area contributed by atoms with Crippen molar-refractivity contribution in [3.63, 3.8) is 0 Å². The third kappa shape index (κ3) is 3.41. The number of hydrogen-bond donors (Lipinski definition) is 0. The Labute approximate surface area is 126 Å². The lowest BCUT2D eigenvalue weighted by Crippen LogP contribution is -2.31. The quantitative estimate of drug-likeness (QED) is 0.832. The molecule has 2 atom stereocenters. The van der Waals surface area contributed by atoms with Crippen LogP contribution in [0.2, 0.25) is 0 Å². The van der Waals surface area contributed by atoms with Crippen LogP contribution in [0.25, 0.3) is 0 Å². The molecule has 114 valence electrons. The largest absolute Gasteiger partial charge is 0.497 e. The van der Waals surface area contributed by atoms with Crippen LogP contribution < -0.4 is 4.74 Å². The van der Waals surface area contributed by atoms with Crippen molar-refractivity contribution in [3.8, 4) is 5.75 Å². The minimum atomic E-state index is 0.220. The summed E-state index contributed by atoms with van der Waals surface area (Å²) in [6, 6.07) is 8.32. The minimum Gasteiger partial charge on any atom is -0.497 e. The van der Waals surface area contributed by atoms with Crippen LogP contribution in [0, 0.1) is 5.92 Å². The molecule has 3 rings (SSSR count). The molecule has 21 heavy (non-hydrogen) atoms. The molecule has 0 spiro atoms. The van der Waals surface area contributed by atoms with Gasteiger partial charge >= 0.3 is 0 Å². The second kappa shape index (κ2) is 6.99. The van der Waals surface area contributed by atoms with Crippen molar-refractivity contribution in [1.29, 1.82) is 0 Å². The number of benzene rings is 1. The van der Waals surface area contributed by atoms with Gasteiger partial charge in [0.25, 0.3) is 0 Å². The molecule has 0 saturated heterocycles. The molecule has 1 heterocycles. The van der Waals surface area contributed by atoms with Crippen molar-refractivity contribution < 1.29 is 14.2 Å². The molecule has 0 bridgehead atoms. The van der Waals surface area contributed by atoms with Gasteiger partial charge in [0.2, 0.25) is 0 Å². The summed E-state index contributed by atoms with van der Waals surface area (Å²) in [5.41, 5.74) is 1.27. The summed E-state index contributed by atoms with van der Waals surface area (Å²) < 4.78 is 16.7. The molecule has 2 aliphatic rings. The van der Waals surface area contributed by atoms with Gasteiger partial charge in [0.05, 0.1) is 19.5 Å². The van der Waals surface area contributed by atoms with Gasteiger partial charge in [-0.15, -0.1) is 0 Å². The predicted octanol–water partition coefficient (Wildman–Crippen LogP) is 4.25. The van der Waals surface area contributed by atoms with E-state index >= 15 is 0 Å². The molecule has 1 fully saturated rings. The number of hydrogen-bond acceptors (Lipinski definition) is 3. The first-order valence-corrected chi connectivity index (χ1v) is 7.92. The lowest BCUT2D eigenvalue weighted by atomic mass is 9.78. The van der Waals surface area contributed by atoms with E-state index in [1.54, 1.807) is 13.4 Å². The van der Waals surface area contributed by atoms with E-state index in [1.807, 2.05) is 12.1 Å². The molecular formula is C18H24O3. The third-order valence-electron chi connectivity index (χ3n) is 4.68. The topological polar surface area (TPSA) is 27.7 Å². The van der Waals surface area contributed by atoms with Crippen molar-refractivity contribution in [2.24, 2.45) is 5.92 Å². The van der Waals surface area contributed by atoms with Crippen LogP contribution in [0.3, 0.4) is 0 Å². The van der Waals surface area contributed by atoms with Crippen molar-refractivity contribution in [1.82, 2.24) is 0 Å². The molecule has 1 aromatic carbocycles. The molecule has 0 radical (unpaired) electrons. The van der Waals surface area contributed by atoms with Crippen LogP contribution in [-0.2, 0) is 9.47 Å². The standard InChI is InChI=1S/C18H24O3/c1-19-16-9-7-14(8-10-16)17-11-12-20-13-21-18(17)15-5-3-2-4-6-15/h7-12,15,17-18H,2-6,13H2,1H3/t17-,18-/m0/s1. The van der Waals surface area contributed by atoms with E-state index in [0.29, 0.717) is 12.7 Å². The molecule has 0 amide bonds. The van der Waals surface area contributed by atoms with Gasteiger partial charge in [-0.25, -0.2) is 0 Å². The summed E-state index contributed by atoms with van der Waals surface area (Å²) in [4.78, 5) is 0. The molecule has 1 aliphatic carbocycles. The Balaban J connectivity index is 1.82. The van der Waals surface area contributed by atoms with Crippen molar-refractivity contribution in [2.45, 2.75) is 44.1 Å². The first kappa shape index (κ1) is 14.5. The summed E-state index contributed by atoms with van der Waals surface area (Å²) >= 11 is 0. The third-order valence-corrected chi connectivity index (χ3v) is 4.68. The van der Waals surface area contributed by atoms with Gasteiger partial charge in [0.1, 0.15) is 5.75 Å². The summed E-state index contributed by atoms with van der Waals surface area (Å²) in [6.07, 6.45) is 10.7. The molecule has 3 nitrogen and oxygen atoms in total. The number of ether oxygens (including phenoxy) is 3. The fourth-order valence-corrected chi connectivity index (χ4v) is 3.53. The average molecular weight is 288 g/mol.